The number of ketones is 1. The van der Waals surface area contributed by atoms with Crippen LogP contribution in [0.4, 0.5) is 0 Å². The highest BCUT2D eigenvalue weighted by Crippen LogP contribution is 2.16. The standard InChI is InChI=1S/C9H13NO4/c1-6(11)10-3-2-8(12)7(5-10)4-9(13)14/h7H,2-5H2,1H3,(H,13,14). The van der Waals surface area contributed by atoms with Crippen LogP contribution in [0.2, 0.25) is 0 Å². The third-order valence-electron chi connectivity index (χ3n) is 2.39. The highest BCUT2D eigenvalue weighted by Gasteiger charge is 2.29. The number of likely N-dealkylation sites (tertiary alicyclic amines) is 1. The van der Waals surface area contributed by atoms with Gasteiger partial charge in [0, 0.05) is 32.4 Å². The summed E-state index contributed by atoms with van der Waals surface area (Å²) in [4.78, 5) is 34.3. The molecular weight excluding hydrogens is 186 g/mol. The van der Waals surface area contributed by atoms with Crippen LogP contribution < -0.4 is 0 Å². The Balaban J connectivity index is 2.59. The fourth-order valence-electron chi connectivity index (χ4n) is 1.58. The van der Waals surface area contributed by atoms with E-state index in [1.54, 1.807) is 0 Å². The van der Waals surface area contributed by atoms with Crippen LogP contribution >= 0.6 is 0 Å². The highest BCUT2D eigenvalue weighted by molar-refractivity contribution is 5.87. The normalized spacial score (nSPS) is 22.2. The van der Waals surface area contributed by atoms with Crippen LogP contribution in [0.15, 0.2) is 0 Å². The molecule has 0 saturated carbocycles. The average Bonchev–Trinajstić information content (AvgIpc) is 2.07. The van der Waals surface area contributed by atoms with Gasteiger partial charge in [-0.1, -0.05) is 0 Å². The van der Waals surface area contributed by atoms with Crippen molar-refractivity contribution in [1.29, 1.82) is 0 Å². The summed E-state index contributed by atoms with van der Waals surface area (Å²) < 4.78 is 0. The molecule has 0 aliphatic carbocycles. The summed E-state index contributed by atoms with van der Waals surface area (Å²) in [5.41, 5.74) is 0. The molecule has 14 heavy (non-hydrogen) atoms. The highest BCUT2D eigenvalue weighted by atomic mass is 16.4. The summed E-state index contributed by atoms with van der Waals surface area (Å²) in [6.45, 7) is 2.10. The van der Waals surface area contributed by atoms with Gasteiger partial charge in [0.15, 0.2) is 0 Å². The smallest absolute Gasteiger partial charge is 0.304 e. The molecule has 1 heterocycles. The summed E-state index contributed by atoms with van der Waals surface area (Å²) in [5, 5.41) is 8.55. The maximum absolute atomic E-state index is 11.3. The molecule has 1 unspecified atom stereocenters. The van der Waals surface area contributed by atoms with E-state index >= 15 is 0 Å². The number of carbonyl (C=O) groups is 3. The number of nitrogens with zero attached hydrogens (tertiary/aromatic N) is 1. The molecule has 0 aromatic rings. The molecule has 1 rings (SSSR count). The van der Waals surface area contributed by atoms with Crippen molar-refractivity contribution >= 4 is 17.7 Å². The van der Waals surface area contributed by atoms with Gasteiger partial charge in [0.25, 0.3) is 0 Å². The SMILES string of the molecule is CC(=O)N1CCC(=O)C(CC(=O)O)C1. The molecular formula is C9H13NO4. The van der Waals surface area contributed by atoms with E-state index in [0.717, 1.165) is 0 Å². The summed E-state index contributed by atoms with van der Waals surface area (Å²) >= 11 is 0. The van der Waals surface area contributed by atoms with Crippen molar-refractivity contribution in [3.63, 3.8) is 0 Å². The number of rotatable bonds is 2. The van der Waals surface area contributed by atoms with Gasteiger partial charge in [0.05, 0.1) is 6.42 Å². The third-order valence-corrected chi connectivity index (χ3v) is 2.39. The first-order valence-corrected chi connectivity index (χ1v) is 4.50. The van der Waals surface area contributed by atoms with Gasteiger partial charge < -0.3 is 10.0 Å². The number of carbonyl (C=O) groups excluding carboxylic acids is 2. The monoisotopic (exact) mass is 199 g/mol. The van der Waals surface area contributed by atoms with Gasteiger partial charge in [-0.2, -0.15) is 0 Å². The van der Waals surface area contributed by atoms with Crippen molar-refractivity contribution in [2.75, 3.05) is 13.1 Å². The number of aliphatic carboxylic acids is 1. The van der Waals surface area contributed by atoms with Gasteiger partial charge in [-0.15, -0.1) is 0 Å². The molecule has 1 atom stereocenters. The fraction of sp³-hybridized carbons (Fsp3) is 0.667. The van der Waals surface area contributed by atoms with Crippen molar-refractivity contribution in [2.24, 2.45) is 5.92 Å². The van der Waals surface area contributed by atoms with Gasteiger partial charge >= 0.3 is 5.97 Å². The van der Waals surface area contributed by atoms with Gasteiger partial charge in [0.2, 0.25) is 5.91 Å². The zero-order valence-corrected chi connectivity index (χ0v) is 8.02. The van der Waals surface area contributed by atoms with Crippen molar-refractivity contribution in [2.45, 2.75) is 19.8 Å². The molecule has 1 saturated heterocycles. The Kier molecular flexibility index (Phi) is 3.22. The second kappa shape index (κ2) is 4.21. The Morgan fingerprint density at radius 1 is 1.57 bits per heavy atom. The fourth-order valence-corrected chi connectivity index (χ4v) is 1.58. The molecule has 1 N–H and O–H groups in total. The topological polar surface area (TPSA) is 74.7 Å². The lowest BCUT2D eigenvalue weighted by Gasteiger charge is -2.30. The molecule has 1 aliphatic rings. The molecule has 1 aliphatic heterocycles. The molecule has 0 aromatic heterocycles. The molecule has 0 bridgehead atoms. The van der Waals surface area contributed by atoms with Crippen LogP contribution in [-0.2, 0) is 14.4 Å². The van der Waals surface area contributed by atoms with Gasteiger partial charge in [-0.3, -0.25) is 14.4 Å². The van der Waals surface area contributed by atoms with Crippen molar-refractivity contribution in [3.05, 3.63) is 0 Å². The molecule has 5 nitrogen and oxygen atoms in total. The second-order valence-corrected chi connectivity index (χ2v) is 3.48. The molecule has 1 amide bonds. The molecule has 0 radical (unpaired) electrons. The van der Waals surface area contributed by atoms with Crippen molar-refractivity contribution in [1.82, 2.24) is 4.90 Å². The molecule has 0 aromatic carbocycles. The average molecular weight is 199 g/mol. The van der Waals surface area contributed by atoms with Crippen LogP contribution in [0, 0.1) is 5.92 Å². The molecule has 78 valence electrons. The van der Waals surface area contributed by atoms with Crippen LogP contribution in [0.5, 0.6) is 0 Å². The predicted molar refractivity (Wildman–Crippen MR) is 47.6 cm³/mol. The first kappa shape index (κ1) is 10.7. The number of carboxylic acid groups (broad SMARTS) is 1. The number of hydrogen-bond donors (Lipinski definition) is 1. The lowest BCUT2D eigenvalue weighted by Crippen LogP contribution is -2.43. The van der Waals surface area contributed by atoms with E-state index < -0.39 is 11.9 Å². The van der Waals surface area contributed by atoms with E-state index in [1.165, 1.54) is 11.8 Å². The zero-order valence-electron chi connectivity index (χ0n) is 8.02. The Labute approximate surface area is 81.7 Å². The largest absolute Gasteiger partial charge is 0.481 e. The van der Waals surface area contributed by atoms with Crippen LogP contribution in [0.25, 0.3) is 0 Å². The summed E-state index contributed by atoms with van der Waals surface area (Å²) in [6, 6.07) is 0. The second-order valence-electron chi connectivity index (χ2n) is 3.48. The number of Topliss-reactive ketones (excluding diaryl/α,β-unsaturated/α-hetero) is 1. The maximum atomic E-state index is 11.3. The van der Waals surface area contributed by atoms with Crippen LogP contribution in [0.3, 0.4) is 0 Å². The Hall–Kier alpha value is -1.39. The first-order chi connectivity index (χ1) is 6.50. The quantitative estimate of drug-likeness (QED) is 0.673. The minimum Gasteiger partial charge on any atom is -0.481 e. The number of piperidine rings is 1. The van der Waals surface area contributed by atoms with E-state index in [2.05, 4.69) is 0 Å². The van der Waals surface area contributed by atoms with Crippen molar-refractivity contribution < 1.29 is 19.5 Å². The van der Waals surface area contributed by atoms with Crippen molar-refractivity contribution in [3.8, 4) is 0 Å². The van der Waals surface area contributed by atoms with Gasteiger partial charge in [0.1, 0.15) is 5.78 Å². The van der Waals surface area contributed by atoms with Crippen LogP contribution in [0.1, 0.15) is 19.8 Å². The number of hydrogen-bond acceptors (Lipinski definition) is 3. The minimum atomic E-state index is -0.992. The molecule has 5 heteroatoms. The lowest BCUT2D eigenvalue weighted by molar-refractivity contribution is -0.144. The van der Waals surface area contributed by atoms with Gasteiger partial charge in [-0.05, 0) is 0 Å². The van der Waals surface area contributed by atoms with E-state index in [1.807, 2.05) is 0 Å². The van der Waals surface area contributed by atoms with E-state index in [0.29, 0.717) is 6.54 Å². The minimum absolute atomic E-state index is 0.0510. The number of amides is 1. The molecule has 0 spiro atoms. The van der Waals surface area contributed by atoms with Crippen LogP contribution in [-0.4, -0.2) is 40.8 Å². The summed E-state index contributed by atoms with van der Waals surface area (Å²) in [6.07, 6.45) is 0.0974. The maximum Gasteiger partial charge on any atom is 0.304 e. The first-order valence-electron chi connectivity index (χ1n) is 4.50. The Morgan fingerprint density at radius 2 is 2.21 bits per heavy atom. The Morgan fingerprint density at radius 3 is 2.71 bits per heavy atom. The van der Waals surface area contributed by atoms with Gasteiger partial charge in [-0.25, -0.2) is 0 Å². The number of carboxylic acids is 1. The molecule has 1 fully saturated rings. The van der Waals surface area contributed by atoms with E-state index in [-0.39, 0.29) is 31.1 Å². The lowest BCUT2D eigenvalue weighted by atomic mass is 9.93. The Bertz CT molecular complexity index is 274. The zero-order chi connectivity index (χ0) is 10.7. The summed E-state index contributed by atoms with van der Waals surface area (Å²) in [5.74, 6) is -1.67. The van der Waals surface area contributed by atoms with E-state index in [4.69, 9.17) is 5.11 Å². The summed E-state index contributed by atoms with van der Waals surface area (Å²) in [7, 11) is 0. The van der Waals surface area contributed by atoms with E-state index in [9.17, 15) is 14.4 Å². The predicted octanol–water partition coefficient (Wildman–Crippen LogP) is -0.101. The third kappa shape index (κ3) is 2.55.